The lowest BCUT2D eigenvalue weighted by molar-refractivity contribution is -0.0783. The molecule has 1 N–H and O–H groups in total. The van der Waals surface area contributed by atoms with Gasteiger partial charge >= 0.3 is 0 Å². The van der Waals surface area contributed by atoms with Crippen LogP contribution in [-0.2, 0) is 16.7 Å². The highest BCUT2D eigenvalue weighted by Gasteiger charge is 2.31. The maximum absolute atomic E-state index is 10.5. The highest BCUT2D eigenvalue weighted by molar-refractivity contribution is 4.96. The first-order chi connectivity index (χ1) is 9.28. The fourth-order valence-corrected chi connectivity index (χ4v) is 2.32. The predicted molar refractivity (Wildman–Crippen MR) is 74.3 cm³/mol. The van der Waals surface area contributed by atoms with E-state index in [4.69, 9.17) is 9.15 Å². The maximum atomic E-state index is 10.5. The third-order valence-electron chi connectivity index (χ3n) is 3.50. The number of rotatable bonds is 4. The summed E-state index contributed by atoms with van der Waals surface area (Å²) in [4.78, 5) is 2.02. The van der Waals surface area contributed by atoms with Crippen LogP contribution in [0.5, 0.6) is 0 Å². The second kappa shape index (κ2) is 5.79. The Bertz CT molecular complexity index is 433. The zero-order valence-corrected chi connectivity index (χ0v) is 12.8. The van der Waals surface area contributed by atoms with Crippen LogP contribution >= 0.6 is 0 Å². The van der Waals surface area contributed by atoms with Crippen LogP contribution in [0.4, 0.5) is 0 Å². The van der Waals surface area contributed by atoms with Crippen molar-refractivity contribution in [1.82, 2.24) is 15.1 Å². The van der Waals surface area contributed by atoms with E-state index < -0.39 is 5.60 Å². The van der Waals surface area contributed by atoms with Gasteiger partial charge in [-0.1, -0.05) is 20.8 Å². The summed E-state index contributed by atoms with van der Waals surface area (Å²) in [5.74, 6) is 1.23. The summed E-state index contributed by atoms with van der Waals surface area (Å²) < 4.78 is 11.0. The molecule has 1 fully saturated rings. The van der Waals surface area contributed by atoms with Crippen LogP contribution in [0.25, 0.3) is 0 Å². The van der Waals surface area contributed by atoms with E-state index >= 15 is 0 Å². The monoisotopic (exact) mass is 283 g/mol. The zero-order valence-electron chi connectivity index (χ0n) is 12.8. The van der Waals surface area contributed by atoms with Gasteiger partial charge in [-0.15, -0.1) is 10.2 Å². The summed E-state index contributed by atoms with van der Waals surface area (Å²) in [5.41, 5.74) is -0.803. The van der Waals surface area contributed by atoms with Crippen LogP contribution in [0.3, 0.4) is 0 Å². The number of aliphatic hydroxyl groups is 1. The summed E-state index contributed by atoms with van der Waals surface area (Å²) in [6.45, 7) is 8.50. The molecule has 1 aliphatic rings. The molecule has 0 saturated carbocycles. The molecule has 0 atom stereocenters. The molecule has 114 valence electrons. The second-order valence-corrected chi connectivity index (χ2v) is 6.76. The lowest BCUT2D eigenvalue weighted by Crippen LogP contribution is -2.45. The largest absolute Gasteiger partial charge is 0.423 e. The number of aromatic nitrogens is 2. The third kappa shape index (κ3) is 4.01. The summed E-state index contributed by atoms with van der Waals surface area (Å²) in [6.07, 6.45) is 1.35. The van der Waals surface area contributed by atoms with Crippen LogP contribution < -0.4 is 0 Å². The van der Waals surface area contributed by atoms with E-state index in [1.165, 1.54) is 0 Å². The molecule has 1 aromatic heterocycles. The van der Waals surface area contributed by atoms with Crippen molar-refractivity contribution in [3.63, 3.8) is 0 Å². The van der Waals surface area contributed by atoms with Crippen LogP contribution in [-0.4, -0.2) is 52.6 Å². The number of likely N-dealkylation sites (N-methyl/N-ethyl adjacent to an activating group) is 1. The van der Waals surface area contributed by atoms with Crippen molar-refractivity contribution in [2.45, 2.75) is 51.2 Å². The highest BCUT2D eigenvalue weighted by atomic mass is 16.5. The molecule has 1 aromatic rings. The molecule has 0 aromatic carbocycles. The highest BCUT2D eigenvalue weighted by Crippen LogP contribution is 2.23. The van der Waals surface area contributed by atoms with E-state index in [9.17, 15) is 5.11 Å². The van der Waals surface area contributed by atoms with Crippen LogP contribution in [0, 0.1) is 0 Å². The second-order valence-electron chi connectivity index (χ2n) is 6.76. The normalized spacial score (nSPS) is 19.5. The molecule has 6 nitrogen and oxygen atoms in total. The fraction of sp³-hybridized carbons (Fsp3) is 0.857. The van der Waals surface area contributed by atoms with Gasteiger partial charge in [-0.05, 0) is 7.05 Å². The lowest BCUT2D eigenvalue weighted by atomic mass is 9.94. The quantitative estimate of drug-likeness (QED) is 0.899. The minimum atomic E-state index is -0.667. The summed E-state index contributed by atoms with van der Waals surface area (Å²) in [5, 5.41) is 18.6. The Kier molecular flexibility index (Phi) is 4.46. The SMILES string of the molecule is CN(Cc1nnc(C(C)(C)C)o1)CC1(O)CCOCC1. The number of hydrogen-bond donors (Lipinski definition) is 1. The molecule has 0 radical (unpaired) electrons. The van der Waals surface area contributed by atoms with Crippen molar-refractivity contribution >= 4 is 0 Å². The van der Waals surface area contributed by atoms with E-state index in [2.05, 4.69) is 10.2 Å². The van der Waals surface area contributed by atoms with Crippen LogP contribution in [0.15, 0.2) is 4.42 Å². The van der Waals surface area contributed by atoms with Crippen molar-refractivity contribution in [2.24, 2.45) is 0 Å². The minimum Gasteiger partial charge on any atom is -0.423 e. The topological polar surface area (TPSA) is 71.6 Å². The van der Waals surface area contributed by atoms with Gasteiger partial charge < -0.3 is 14.3 Å². The summed E-state index contributed by atoms with van der Waals surface area (Å²) in [6, 6.07) is 0. The van der Waals surface area contributed by atoms with Crippen molar-refractivity contribution in [1.29, 1.82) is 0 Å². The van der Waals surface area contributed by atoms with Gasteiger partial charge in [0.15, 0.2) is 0 Å². The van der Waals surface area contributed by atoms with Gasteiger partial charge in [0.1, 0.15) is 0 Å². The third-order valence-corrected chi connectivity index (χ3v) is 3.50. The maximum Gasteiger partial charge on any atom is 0.230 e. The molecule has 0 bridgehead atoms. The molecule has 1 saturated heterocycles. The molecule has 2 rings (SSSR count). The molecular weight excluding hydrogens is 258 g/mol. The molecule has 0 unspecified atom stereocenters. The first kappa shape index (κ1) is 15.4. The summed E-state index contributed by atoms with van der Waals surface area (Å²) in [7, 11) is 1.95. The molecule has 20 heavy (non-hydrogen) atoms. The first-order valence-electron chi connectivity index (χ1n) is 7.10. The molecule has 6 heteroatoms. The molecule has 0 spiro atoms. The Labute approximate surface area is 120 Å². The Morgan fingerprint density at radius 1 is 1.25 bits per heavy atom. The van der Waals surface area contributed by atoms with Crippen LogP contribution in [0.2, 0.25) is 0 Å². The van der Waals surface area contributed by atoms with Crippen molar-refractivity contribution < 1.29 is 14.3 Å². The standard InChI is InChI=1S/C14H25N3O3/c1-13(2,3)12-16-15-11(20-12)9-17(4)10-14(18)5-7-19-8-6-14/h18H,5-10H2,1-4H3. The average molecular weight is 283 g/mol. The van der Waals surface area contributed by atoms with Gasteiger partial charge in [-0.25, -0.2) is 0 Å². The first-order valence-corrected chi connectivity index (χ1v) is 7.10. The molecule has 1 aliphatic heterocycles. The van der Waals surface area contributed by atoms with Gasteiger partial charge in [0.05, 0.1) is 12.1 Å². The number of nitrogens with zero attached hydrogens (tertiary/aromatic N) is 3. The number of hydrogen-bond acceptors (Lipinski definition) is 6. The molecule has 2 heterocycles. The smallest absolute Gasteiger partial charge is 0.230 e. The van der Waals surface area contributed by atoms with E-state index in [1.54, 1.807) is 0 Å². The van der Waals surface area contributed by atoms with Gasteiger partial charge in [0.2, 0.25) is 11.8 Å². The van der Waals surface area contributed by atoms with E-state index in [0.717, 1.165) is 0 Å². The molecule has 0 amide bonds. The Morgan fingerprint density at radius 2 is 1.90 bits per heavy atom. The number of ether oxygens (including phenoxy) is 1. The Morgan fingerprint density at radius 3 is 2.45 bits per heavy atom. The van der Waals surface area contributed by atoms with Crippen molar-refractivity contribution in [2.75, 3.05) is 26.8 Å². The van der Waals surface area contributed by atoms with Gasteiger partial charge in [-0.2, -0.15) is 0 Å². The van der Waals surface area contributed by atoms with E-state index in [-0.39, 0.29) is 5.41 Å². The molecular formula is C14H25N3O3. The van der Waals surface area contributed by atoms with E-state index in [1.807, 2.05) is 32.7 Å². The van der Waals surface area contributed by atoms with Gasteiger partial charge in [0.25, 0.3) is 0 Å². The average Bonchev–Trinajstić information content (AvgIpc) is 2.77. The summed E-state index contributed by atoms with van der Waals surface area (Å²) >= 11 is 0. The van der Waals surface area contributed by atoms with Gasteiger partial charge in [-0.3, -0.25) is 4.90 Å². The van der Waals surface area contributed by atoms with Crippen molar-refractivity contribution in [3.8, 4) is 0 Å². The fourth-order valence-electron chi connectivity index (χ4n) is 2.32. The Hall–Kier alpha value is -0.980. The van der Waals surface area contributed by atoms with Crippen molar-refractivity contribution in [3.05, 3.63) is 11.8 Å². The Balaban J connectivity index is 1.91. The minimum absolute atomic E-state index is 0.136. The van der Waals surface area contributed by atoms with E-state index in [0.29, 0.717) is 50.9 Å². The van der Waals surface area contributed by atoms with Gasteiger partial charge in [0, 0.05) is 38.0 Å². The molecule has 0 aliphatic carbocycles. The predicted octanol–water partition coefficient (Wildman–Crippen LogP) is 1.34. The van der Waals surface area contributed by atoms with Crippen LogP contribution in [0.1, 0.15) is 45.4 Å². The zero-order chi connectivity index (χ0) is 14.8. The lowest BCUT2D eigenvalue weighted by Gasteiger charge is -2.35.